The molecule has 67 heavy (non-hydrogen) atoms. The number of nitrogens with one attached hydrogen (secondary N) is 2. The van der Waals surface area contributed by atoms with E-state index >= 15 is 4.39 Å². The van der Waals surface area contributed by atoms with Gasteiger partial charge in [0.25, 0.3) is 5.56 Å². The molecule has 4 saturated heterocycles. The predicted octanol–water partition coefficient (Wildman–Crippen LogP) is 3.87. The number of imide groups is 1. The molecule has 3 aromatic carbocycles. The molecule has 1 aromatic heterocycles. The van der Waals surface area contributed by atoms with Crippen molar-refractivity contribution in [3.05, 3.63) is 87.7 Å². The van der Waals surface area contributed by atoms with Crippen LogP contribution < -0.4 is 24.5 Å². The zero-order valence-corrected chi connectivity index (χ0v) is 38.8. The zero-order chi connectivity index (χ0) is 47.8. The van der Waals surface area contributed by atoms with Crippen LogP contribution in [-0.2, 0) is 39.4 Å². The highest BCUT2D eigenvalue weighted by atomic mass is 32.2. The van der Waals surface area contributed by atoms with Gasteiger partial charge in [-0.25, -0.2) is 9.37 Å². The van der Waals surface area contributed by atoms with Crippen LogP contribution in [0.25, 0.3) is 10.9 Å². The Hall–Kier alpha value is -5.99. The summed E-state index contributed by atoms with van der Waals surface area (Å²) in [6.45, 7) is 4.38. The van der Waals surface area contributed by atoms with Crippen molar-refractivity contribution in [2.75, 3.05) is 63.9 Å². The van der Waals surface area contributed by atoms with Gasteiger partial charge in [-0.1, -0.05) is 19.1 Å². The largest absolute Gasteiger partial charge is 0.453 e. The molecule has 4 aromatic rings. The number of ether oxygens (including phenoxy) is 2. The number of nitrogens with zero attached hydrogens (tertiary/aromatic N) is 6. The van der Waals surface area contributed by atoms with Gasteiger partial charge in [0.05, 0.1) is 59.9 Å². The first-order valence-corrected chi connectivity index (χ1v) is 25.3. The van der Waals surface area contributed by atoms with Crippen molar-refractivity contribution >= 4 is 54.6 Å². The fourth-order valence-corrected chi connectivity index (χ4v) is 10.8. The van der Waals surface area contributed by atoms with E-state index in [1.165, 1.54) is 36.1 Å². The number of benzene rings is 3. The molecule has 0 aliphatic carbocycles. The third kappa shape index (κ3) is 10.3. The first-order chi connectivity index (χ1) is 31.9. The zero-order valence-electron chi connectivity index (χ0n) is 37.2. The Morgan fingerprint density at radius 3 is 2.48 bits per heavy atom. The van der Waals surface area contributed by atoms with E-state index in [0.717, 1.165) is 22.7 Å². The number of carbonyl (C=O) groups is 3. The van der Waals surface area contributed by atoms with Gasteiger partial charge in [0.1, 0.15) is 23.1 Å². The monoisotopic (exact) mass is 962 g/mol. The van der Waals surface area contributed by atoms with E-state index < -0.39 is 49.3 Å². The number of fused-ring (bicyclic) bond motifs is 1. The van der Waals surface area contributed by atoms with Crippen LogP contribution in [0.2, 0.25) is 0 Å². The number of hydrogen-bond donors (Lipinski definition) is 2. The van der Waals surface area contributed by atoms with Crippen LogP contribution >= 0.6 is 0 Å². The first-order valence-electron chi connectivity index (χ1n) is 22.0. The van der Waals surface area contributed by atoms with Gasteiger partial charge in [0, 0.05) is 33.1 Å². The third-order valence-corrected chi connectivity index (χ3v) is 15.2. The van der Waals surface area contributed by atoms with Crippen molar-refractivity contribution in [3.8, 4) is 23.3 Å². The summed E-state index contributed by atoms with van der Waals surface area (Å²) in [5, 5.41) is 12.4. The molecule has 22 heteroatoms. The number of hydrogen-bond acceptors (Lipinski definition) is 14. The van der Waals surface area contributed by atoms with E-state index in [1.807, 2.05) is 11.0 Å². The van der Waals surface area contributed by atoms with Crippen LogP contribution in [-0.4, -0.2) is 123 Å². The normalized spacial score (nSPS) is 20.5. The van der Waals surface area contributed by atoms with Crippen LogP contribution in [0, 0.1) is 17.1 Å². The topological polar surface area (TPSA) is 240 Å². The SMILES string of the molecule is CCN(C)S(=O)(=O)Nc1ccc(F)c(Oc2ccc3ncn(C4COC5(CCN(C(=O)CN6CCC(c7ccc(C8CCC(=O)NC8=O)cc7OS(C)(=O)=O)CC6)CC5)C4)c(=O)c3c2)c1C#N. The third-order valence-electron chi connectivity index (χ3n) is 13.2. The molecule has 0 radical (unpaired) electrons. The van der Waals surface area contributed by atoms with Crippen molar-refractivity contribution in [3.63, 3.8) is 0 Å². The Morgan fingerprint density at radius 1 is 1.04 bits per heavy atom. The Morgan fingerprint density at radius 2 is 1.79 bits per heavy atom. The molecule has 2 atom stereocenters. The smallest absolute Gasteiger partial charge is 0.306 e. The summed E-state index contributed by atoms with van der Waals surface area (Å²) in [5.41, 5.74) is 0.137. The number of amides is 3. The van der Waals surface area contributed by atoms with Crippen molar-refractivity contribution in [2.24, 2.45) is 0 Å². The van der Waals surface area contributed by atoms with Gasteiger partial charge in [-0.3, -0.25) is 38.7 Å². The lowest BCUT2D eigenvalue weighted by Gasteiger charge is -2.40. The molecule has 0 bridgehead atoms. The number of nitriles is 1. The number of aromatic nitrogens is 2. The molecule has 356 valence electrons. The second-order valence-corrected chi connectivity index (χ2v) is 20.9. The second kappa shape index (κ2) is 19.0. The van der Waals surface area contributed by atoms with Crippen LogP contribution in [0.4, 0.5) is 10.1 Å². The van der Waals surface area contributed by atoms with E-state index in [1.54, 1.807) is 25.1 Å². The maximum absolute atomic E-state index is 15.1. The highest BCUT2D eigenvalue weighted by molar-refractivity contribution is 7.90. The summed E-state index contributed by atoms with van der Waals surface area (Å²) in [5.74, 6) is -2.66. The van der Waals surface area contributed by atoms with Gasteiger partial charge in [-0.05, 0) is 105 Å². The maximum Gasteiger partial charge on any atom is 0.306 e. The van der Waals surface area contributed by atoms with Crippen molar-refractivity contribution in [1.29, 1.82) is 5.26 Å². The van der Waals surface area contributed by atoms with Crippen LogP contribution in [0.3, 0.4) is 0 Å². The molecule has 2 N–H and O–H groups in total. The highest BCUT2D eigenvalue weighted by Gasteiger charge is 2.44. The molecule has 8 rings (SSSR count). The fourth-order valence-electron chi connectivity index (χ4n) is 9.35. The summed E-state index contributed by atoms with van der Waals surface area (Å²) >= 11 is 0. The molecule has 4 fully saturated rings. The Balaban J connectivity index is 0.871. The quantitative estimate of drug-likeness (QED) is 0.143. The minimum atomic E-state index is -4.04. The number of anilines is 1. The lowest BCUT2D eigenvalue weighted by molar-refractivity contribution is -0.137. The Kier molecular flexibility index (Phi) is 13.4. The number of piperidine rings is 3. The summed E-state index contributed by atoms with van der Waals surface area (Å²) in [6, 6.07) is 13.1. The molecular weight excluding hydrogens is 912 g/mol. The van der Waals surface area contributed by atoms with E-state index in [4.69, 9.17) is 13.7 Å². The van der Waals surface area contributed by atoms with Gasteiger partial charge in [0.15, 0.2) is 11.6 Å². The van der Waals surface area contributed by atoms with Gasteiger partial charge in [-0.2, -0.15) is 26.4 Å². The minimum Gasteiger partial charge on any atom is -0.453 e. The van der Waals surface area contributed by atoms with Crippen LogP contribution in [0.5, 0.6) is 17.2 Å². The Labute approximate surface area is 387 Å². The van der Waals surface area contributed by atoms with E-state index in [2.05, 4.69) is 19.9 Å². The lowest BCUT2D eigenvalue weighted by Crippen LogP contribution is -2.50. The van der Waals surface area contributed by atoms with Gasteiger partial charge in [0.2, 0.25) is 17.7 Å². The summed E-state index contributed by atoms with van der Waals surface area (Å²) in [6.07, 6.45) is 5.89. The maximum atomic E-state index is 15.1. The average Bonchev–Trinajstić information content (AvgIpc) is 3.69. The Bertz CT molecular complexity index is 2950. The molecular formula is C45H51FN8O11S2. The van der Waals surface area contributed by atoms with Crippen LogP contribution in [0.1, 0.15) is 86.4 Å². The number of halogens is 1. The molecule has 1 spiro atoms. The number of likely N-dealkylation sites (tertiary alicyclic amines) is 2. The summed E-state index contributed by atoms with van der Waals surface area (Å²) < 4.78 is 87.5. The average molecular weight is 963 g/mol. The molecule has 5 heterocycles. The lowest BCUT2D eigenvalue weighted by atomic mass is 9.85. The molecule has 19 nitrogen and oxygen atoms in total. The summed E-state index contributed by atoms with van der Waals surface area (Å²) in [4.78, 5) is 60.2. The fraction of sp³-hybridized carbons (Fsp3) is 0.467. The molecule has 4 aliphatic rings. The van der Waals surface area contributed by atoms with Gasteiger partial charge in [-0.15, -0.1) is 0 Å². The standard InChI is InChI=1S/C45H51FN8O11S2/c1-4-51(2)67(61,62)50-38-11-9-36(46)42(35(38)24-47)64-31-6-10-37-34(22-31)44(58)54(27-48-37)30-23-45(63-26-30)15-19-53(20-16-45)41(56)25-52-17-13-28(14-18-52)32-7-5-29(21-39(32)65-66(3,59)60)33-8-12-40(55)49-43(33)57/h5-7,9-11,21-22,27-28,30,33,50H,4,8,12-20,23,25-26H2,1-3H3,(H,49,55,57). The van der Waals surface area contributed by atoms with Crippen LogP contribution in [0.15, 0.2) is 59.7 Å². The minimum absolute atomic E-state index is 0.00981. The van der Waals surface area contributed by atoms with Crippen molar-refractivity contribution < 1.29 is 49.3 Å². The van der Waals surface area contributed by atoms with Gasteiger partial charge < -0.3 is 18.6 Å². The predicted molar refractivity (Wildman–Crippen MR) is 242 cm³/mol. The van der Waals surface area contributed by atoms with Gasteiger partial charge >= 0.3 is 20.3 Å². The molecule has 2 unspecified atom stereocenters. The number of carbonyl (C=O) groups excluding carboxylic acids is 3. The highest BCUT2D eigenvalue weighted by Crippen LogP contribution is 2.42. The number of rotatable bonds is 13. The van der Waals surface area contributed by atoms with Crippen molar-refractivity contribution in [2.45, 2.75) is 75.3 Å². The first kappa shape index (κ1) is 47.5. The van der Waals surface area contributed by atoms with E-state index in [9.17, 15) is 41.3 Å². The second-order valence-electron chi connectivity index (χ2n) is 17.5. The summed E-state index contributed by atoms with van der Waals surface area (Å²) in [7, 11) is -6.58. The molecule has 3 amide bonds. The molecule has 0 saturated carbocycles. The molecule has 4 aliphatic heterocycles. The van der Waals surface area contributed by atoms with E-state index in [0.29, 0.717) is 81.3 Å². The van der Waals surface area contributed by atoms with E-state index in [-0.39, 0.29) is 83.6 Å². The van der Waals surface area contributed by atoms with Crippen molar-refractivity contribution in [1.82, 2.24) is 29.0 Å².